The van der Waals surface area contributed by atoms with E-state index in [1.54, 1.807) is 31.2 Å². The molecule has 1 heterocycles. The van der Waals surface area contributed by atoms with Crippen LogP contribution in [0.2, 0.25) is 5.02 Å². The number of methoxy groups -OCH3 is 1. The summed E-state index contributed by atoms with van der Waals surface area (Å²) in [5, 5.41) is 25.9. The largest absolute Gasteiger partial charge is 0.495 e. The van der Waals surface area contributed by atoms with Gasteiger partial charge in [-0.3, -0.25) is 9.63 Å². The maximum atomic E-state index is 13.7. The van der Waals surface area contributed by atoms with E-state index in [4.69, 9.17) is 21.2 Å². The highest BCUT2D eigenvalue weighted by Crippen LogP contribution is 2.61. The SMILES string of the molecule is COc1c(Br)ccc(Cl)c1CN1O[C@@H](CO)[C@@H]([C@H](C)O)[C@H]1C(=O)N[C@H]1C[C@H]2C[C@@H](C1C)C2(C)C. The molecule has 1 aromatic rings. The smallest absolute Gasteiger partial charge is 0.240 e. The fourth-order valence-corrected chi connectivity index (χ4v) is 7.33. The van der Waals surface area contributed by atoms with Crippen molar-refractivity contribution < 1.29 is 24.6 Å². The molecular formula is C25H36BrClN2O5. The molecule has 9 heteroatoms. The summed E-state index contributed by atoms with van der Waals surface area (Å²) >= 11 is 9.98. The third-order valence-corrected chi connectivity index (χ3v) is 9.71. The number of carbonyl (C=O) groups excluding carboxylic acids is 1. The minimum Gasteiger partial charge on any atom is -0.495 e. The monoisotopic (exact) mass is 558 g/mol. The van der Waals surface area contributed by atoms with Crippen LogP contribution in [0.3, 0.4) is 0 Å². The van der Waals surface area contributed by atoms with Crippen LogP contribution in [-0.2, 0) is 16.2 Å². The van der Waals surface area contributed by atoms with Crippen molar-refractivity contribution in [2.24, 2.45) is 29.1 Å². The van der Waals surface area contributed by atoms with Crippen LogP contribution < -0.4 is 10.1 Å². The fourth-order valence-electron chi connectivity index (χ4n) is 6.58. The lowest BCUT2D eigenvalue weighted by Gasteiger charge is -2.62. The first-order chi connectivity index (χ1) is 16.0. The minimum absolute atomic E-state index is 0.0814. The van der Waals surface area contributed by atoms with Crippen molar-refractivity contribution in [3.8, 4) is 5.75 Å². The molecule has 8 atom stereocenters. The number of nitrogens with one attached hydrogen (secondary N) is 1. The second-order valence-corrected chi connectivity index (χ2v) is 12.0. The molecule has 0 aromatic heterocycles. The third kappa shape index (κ3) is 4.39. The Hall–Kier alpha value is -0.900. The van der Waals surface area contributed by atoms with Crippen LogP contribution in [-0.4, -0.2) is 59.2 Å². The first-order valence-corrected chi connectivity index (χ1v) is 13.2. The van der Waals surface area contributed by atoms with Gasteiger partial charge >= 0.3 is 0 Å². The average Bonchev–Trinajstić information content (AvgIpc) is 3.16. The zero-order valence-electron chi connectivity index (χ0n) is 20.4. The molecule has 1 amide bonds. The molecule has 3 N–H and O–H groups in total. The number of hydroxylamine groups is 2. The Morgan fingerprint density at radius 1 is 1.41 bits per heavy atom. The summed E-state index contributed by atoms with van der Waals surface area (Å²) < 4.78 is 6.28. The highest BCUT2D eigenvalue weighted by molar-refractivity contribution is 9.10. The van der Waals surface area contributed by atoms with Gasteiger partial charge in [-0.25, -0.2) is 0 Å². The molecule has 0 spiro atoms. The van der Waals surface area contributed by atoms with Crippen molar-refractivity contribution in [3.05, 3.63) is 27.2 Å². The van der Waals surface area contributed by atoms with Gasteiger partial charge in [-0.1, -0.05) is 32.4 Å². The number of benzene rings is 1. The zero-order chi connectivity index (χ0) is 24.9. The van der Waals surface area contributed by atoms with Gasteiger partial charge in [0.25, 0.3) is 0 Å². The lowest BCUT2D eigenvalue weighted by atomic mass is 9.45. The molecule has 5 rings (SSSR count). The number of nitrogens with zero attached hydrogens (tertiary/aromatic N) is 1. The summed E-state index contributed by atoms with van der Waals surface area (Å²) in [4.78, 5) is 19.8. The molecule has 1 unspecified atom stereocenters. The van der Waals surface area contributed by atoms with Crippen LogP contribution >= 0.6 is 27.5 Å². The van der Waals surface area contributed by atoms with Crippen molar-refractivity contribution in [2.45, 2.75) is 71.4 Å². The summed E-state index contributed by atoms with van der Waals surface area (Å²) in [6.07, 6.45) is 0.624. The number of fused-ring (bicyclic) bond motifs is 2. The number of carbonyl (C=O) groups is 1. The number of aliphatic hydroxyl groups excluding tert-OH is 2. The van der Waals surface area contributed by atoms with E-state index in [0.29, 0.717) is 39.5 Å². The first kappa shape index (κ1) is 26.2. The molecule has 34 heavy (non-hydrogen) atoms. The van der Waals surface area contributed by atoms with E-state index in [0.717, 1.165) is 10.9 Å². The van der Waals surface area contributed by atoms with E-state index in [9.17, 15) is 15.0 Å². The standard InChI is InChI=1S/C25H36BrClN2O5/c1-12-16-8-14(25(16,3)4)9-19(12)28-24(32)22-21(13(2)31)20(11-30)34-29(22)10-15-18(27)7-6-17(26)23(15)33-5/h6-7,12-14,16,19-22,30-31H,8-11H2,1-5H3,(H,28,32)/t12?,13-,14+,16-,19-,20-,21+,22-/m0/s1. The van der Waals surface area contributed by atoms with Crippen LogP contribution in [0.25, 0.3) is 0 Å². The Kier molecular flexibility index (Phi) is 7.59. The second-order valence-electron chi connectivity index (χ2n) is 10.8. The van der Waals surface area contributed by atoms with E-state index in [1.165, 1.54) is 6.42 Å². The third-order valence-electron chi connectivity index (χ3n) is 8.74. The van der Waals surface area contributed by atoms with Gasteiger partial charge in [0.2, 0.25) is 5.91 Å². The van der Waals surface area contributed by atoms with Gasteiger partial charge in [0.05, 0.1) is 30.8 Å². The van der Waals surface area contributed by atoms with Crippen LogP contribution in [0.5, 0.6) is 5.75 Å². The summed E-state index contributed by atoms with van der Waals surface area (Å²) in [6, 6.07) is 2.85. The molecule has 3 aliphatic carbocycles. The number of rotatable bonds is 7. The molecular weight excluding hydrogens is 524 g/mol. The number of aliphatic hydroxyl groups is 2. The first-order valence-electron chi connectivity index (χ1n) is 12.0. The molecule has 4 aliphatic rings. The van der Waals surface area contributed by atoms with Gasteiger partial charge in [0, 0.05) is 22.5 Å². The lowest BCUT2D eigenvalue weighted by Crippen LogP contribution is -2.62. The zero-order valence-corrected chi connectivity index (χ0v) is 22.8. The Bertz CT molecular complexity index is 929. The van der Waals surface area contributed by atoms with Crippen LogP contribution in [0.15, 0.2) is 16.6 Å². The van der Waals surface area contributed by atoms with Crippen LogP contribution in [0.1, 0.15) is 46.1 Å². The molecule has 1 aromatic carbocycles. The Morgan fingerprint density at radius 2 is 2.12 bits per heavy atom. The highest BCUT2D eigenvalue weighted by atomic mass is 79.9. The van der Waals surface area contributed by atoms with E-state index in [-0.39, 0.29) is 25.1 Å². The number of hydrogen-bond acceptors (Lipinski definition) is 6. The fraction of sp³-hybridized carbons (Fsp3) is 0.720. The van der Waals surface area contributed by atoms with Crippen LogP contribution in [0.4, 0.5) is 0 Å². The molecule has 190 valence electrons. The molecule has 1 saturated heterocycles. The predicted octanol–water partition coefficient (Wildman–Crippen LogP) is 3.77. The molecule has 7 nitrogen and oxygen atoms in total. The normalized spacial score (nSPS) is 35.5. The maximum absolute atomic E-state index is 13.7. The number of ether oxygens (including phenoxy) is 1. The van der Waals surface area contributed by atoms with Crippen molar-refractivity contribution in [3.63, 3.8) is 0 Å². The van der Waals surface area contributed by atoms with Gasteiger partial charge in [0.15, 0.2) is 0 Å². The Labute approximate surface area is 215 Å². The average molecular weight is 560 g/mol. The lowest BCUT2D eigenvalue weighted by molar-refractivity contribution is -0.183. The summed E-state index contributed by atoms with van der Waals surface area (Å²) in [5.74, 6) is 1.35. The molecule has 4 fully saturated rings. The molecule has 0 radical (unpaired) electrons. The highest BCUT2D eigenvalue weighted by Gasteiger charge is 2.57. The second kappa shape index (κ2) is 9.87. The van der Waals surface area contributed by atoms with Crippen molar-refractivity contribution in [1.82, 2.24) is 10.4 Å². The van der Waals surface area contributed by atoms with E-state index in [1.807, 2.05) is 0 Å². The summed E-state index contributed by atoms with van der Waals surface area (Å²) in [6.45, 7) is 8.38. The quantitative estimate of drug-likeness (QED) is 0.471. The molecule has 1 aliphatic heterocycles. The maximum Gasteiger partial charge on any atom is 0.240 e. The minimum atomic E-state index is -0.853. The molecule has 3 saturated carbocycles. The number of hydrogen-bond donors (Lipinski definition) is 3. The predicted molar refractivity (Wildman–Crippen MR) is 133 cm³/mol. The van der Waals surface area contributed by atoms with E-state index < -0.39 is 24.2 Å². The topological polar surface area (TPSA) is 91.3 Å². The van der Waals surface area contributed by atoms with Gasteiger partial charge in [0.1, 0.15) is 17.9 Å². The Balaban J connectivity index is 1.60. The van der Waals surface area contributed by atoms with Crippen LogP contribution in [0, 0.1) is 29.1 Å². The summed E-state index contributed by atoms with van der Waals surface area (Å²) in [7, 11) is 1.56. The van der Waals surface area contributed by atoms with Crippen molar-refractivity contribution in [1.29, 1.82) is 0 Å². The van der Waals surface area contributed by atoms with Gasteiger partial charge in [-0.05, 0) is 71.0 Å². The Morgan fingerprint density at radius 3 is 2.68 bits per heavy atom. The van der Waals surface area contributed by atoms with E-state index >= 15 is 0 Å². The number of halogens is 2. The molecule has 2 bridgehead atoms. The summed E-state index contributed by atoms with van der Waals surface area (Å²) in [5.41, 5.74) is 0.981. The van der Waals surface area contributed by atoms with Gasteiger partial charge < -0.3 is 20.3 Å². The van der Waals surface area contributed by atoms with Gasteiger partial charge in [-0.2, -0.15) is 5.06 Å². The van der Waals surface area contributed by atoms with Crippen molar-refractivity contribution in [2.75, 3.05) is 13.7 Å². The number of amides is 1. The van der Waals surface area contributed by atoms with E-state index in [2.05, 4.69) is 42.0 Å². The van der Waals surface area contributed by atoms with Gasteiger partial charge in [-0.15, -0.1) is 0 Å². The van der Waals surface area contributed by atoms with Crippen molar-refractivity contribution >= 4 is 33.4 Å².